The van der Waals surface area contributed by atoms with E-state index in [1.807, 2.05) is 0 Å². The van der Waals surface area contributed by atoms with Crippen molar-refractivity contribution in [2.75, 3.05) is 6.61 Å². The van der Waals surface area contributed by atoms with E-state index >= 15 is 0 Å². The third-order valence-electron chi connectivity index (χ3n) is 1.70. The van der Waals surface area contributed by atoms with Crippen molar-refractivity contribution in [3.8, 4) is 0 Å². The zero-order chi connectivity index (χ0) is 10.6. The fourth-order valence-corrected chi connectivity index (χ4v) is 1.07. The van der Waals surface area contributed by atoms with Crippen LogP contribution in [-0.2, 0) is 16.0 Å². The second-order valence-electron chi connectivity index (χ2n) is 2.99. The number of aryl methyl sites for hydroxylation is 1. The van der Waals surface area contributed by atoms with Gasteiger partial charge in [0.1, 0.15) is 11.8 Å². The van der Waals surface area contributed by atoms with Gasteiger partial charge in [-0.2, -0.15) is 0 Å². The Labute approximate surface area is 82.2 Å². The largest absolute Gasteiger partial charge is 0.465 e. The van der Waals surface area contributed by atoms with E-state index in [0.717, 1.165) is 0 Å². The van der Waals surface area contributed by atoms with Gasteiger partial charge in [0.15, 0.2) is 0 Å². The van der Waals surface area contributed by atoms with Crippen LogP contribution in [0.1, 0.15) is 18.4 Å². The molecule has 0 aliphatic rings. The minimum Gasteiger partial charge on any atom is -0.465 e. The molecule has 0 fully saturated rings. The highest BCUT2D eigenvalue weighted by Crippen LogP contribution is 2.04. The van der Waals surface area contributed by atoms with Gasteiger partial charge < -0.3 is 15.0 Å². The van der Waals surface area contributed by atoms with Crippen molar-refractivity contribution in [2.24, 2.45) is 5.73 Å². The molecule has 1 aromatic heterocycles. The Morgan fingerprint density at radius 3 is 3.00 bits per heavy atom. The van der Waals surface area contributed by atoms with E-state index in [1.165, 1.54) is 0 Å². The Balaban J connectivity index is 2.48. The van der Waals surface area contributed by atoms with E-state index in [2.05, 4.69) is 5.16 Å². The topological polar surface area (TPSA) is 78.4 Å². The Kier molecular flexibility index (Phi) is 3.64. The number of nitrogens with two attached hydrogens (primary N) is 1. The summed E-state index contributed by atoms with van der Waals surface area (Å²) in [7, 11) is 0. The number of ether oxygens (including phenoxy) is 1. The number of hydrogen-bond donors (Lipinski definition) is 1. The quantitative estimate of drug-likeness (QED) is 0.709. The van der Waals surface area contributed by atoms with Gasteiger partial charge in [-0.25, -0.2) is 0 Å². The molecule has 0 radical (unpaired) electrons. The summed E-state index contributed by atoms with van der Waals surface area (Å²) in [6.07, 6.45) is 0.343. The normalized spacial score (nSPS) is 12.5. The maximum atomic E-state index is 11.1. The van der Waals surface area contributed by atoms with Crippen molar-refractivity contribution >= 4 is 5.97 Å². The van der Waals surface area contributed by atoms with Crippen LogP contribution in [0.2, 0.25) is 0 Å². The summed E-state index contributed by atoms with van der Waals surface area (Å²) in [5.74, 6) is 0.296. The maximum absolute atomic E-state index is 11.1. The van der Waals surface area contributed by atoms with Crippen LogP contribution in [0.5, 0.6) is 0 Å². The van der Waals surface area contributed by atoms with Crippen molar-refractivity contribution in [2.45, 2.75) is 26.3 Å². The SMILES string of the molecule is CCOC(=O)C(N)Cc1cc(C)on1. The molecule has 0 spiro atoms. The summed E-state index contributed by atoms with van der Waals surface area (Å²) >= 11 is 0. The second kappa shape index (κ2) is 4.76. The number of carbonyl (C=O) groups is 1. The molecule has 1 heterocycles. The molecule has 0 saturated heterocycles. The molecule has 0 aromatic carbocycles. The first-order chi connectivity index (χ1) is 6.63. The van der Waals surface area contributed by atoms with E-state index in [-0.39, 0.29) is 0 Å². The number of aromatic nitrogens is 1. The smallest absolute Gasteiger partial charge is 0.323 e. The Hall–Kier alpha value is -1.36. The predicted molar refractivity (Wildman–Crippen MR) is 49.6 cm³/mol. The van der Waals surface area contributed by atoms with Crippen molar-refractivity contribution in [3.05, 3.63) is 17.5 Å². The number of esters is 1. The van der Waals surface area contributed by atoms with E-state index in [9.17, 15) is 4.79 Å². The molecule has 78 valence electrons. The van der Waals surface area contributed by atoms with Crippen LogP contribution in [0.25, 0.3) is 0 Å². The highest BCUT2D eigenvalue weighted by atomic mass is 16.5. The van der Waals surface area contributed by atoms with E-state index in [0.29, 0.717) is 24.5 Å². The second-order valence-corrected chi connectivity index (χ2v) is 2.99. The molecular weight excluding hydrogens is 184 g/mol. The average Bonchev–Trinajstić information content (AvgIpc) is 2.51. The van der Waals surface area contributed by atoms with Gasteiger partial charge in [-0.15, -0.1) is 0 Å². The van der Waals surface area contributed by atoms with Crippen LogP contribution >= 0.6 is 0 Å². The highest BCUT2D eigenvalue weighted by Gasteiger charge is 2.16. The predicted octanol–water partition coefficient (Wildman–Crippen LogP) is 0.416. The Morgan fingerprint density at radius 2 is 2.50 bits per heavy atom. The van der Waals surface area contributed by atoms with Crippen molar-refractivity contribution in [3.63, 3.8) is 0 Å². The molecule has 0 saturated carbocycles. The minimum atomic E-state index is -0.667. The lowest BCUT2D eigenvalue weighted by Crippen LogP contribution is -2.34. The summed E-state index contributed by atoms with van der Waals surface area (Å²) in [5.41, 5.74) is 6.26. The third kappa shape index (κ3) is 2.85. The first kappa shape index (κ1) is 10.7. The molecule has 0 aliphatic carbocycles. The van der Waals surface area contributed by atoms with Crippen LogP contribution in [0.4, 0.5) is 0 Å². The fourth-order valence-electron chi connectivity index (χ4n) is 1.07. The zero-order valence-corrected chi connectivity index (χ0v) is 8.32. The van der Waals surface area contributed by atoms with Crippen LogP contribution in [0.3, 0.4) is 0 Å². The van der Waals surface area contributed by atoms with Gasteiger partial charge in [0.05, 0.1) is 12.3 Å². The first-order valence-corrected chi connectivity index (χ1v) is 4.48. The molecular formula is C9H14N2O3. The van der Waals surface area contributed by atoms with Crippen molar-refractivity contribution in [1.82, 2.24) is 5.16 Å². The summed E-state index contributed by atoms with van der Waals surface area (Å²) < 4.78 is 9.61. The van der Waals surface area contributed by atoms with Gasteiger partial charge in [0, 0.05) is 12.5 Å². The lowest BCUT2D eigenvalue weighted by Gasteiger charge is -2.07. The van der Waals surface area contributed by atoms with Crippen molar-refractivity contribution < 1.29 is 14.1 Å². The van der Waals surface area contributed by atoms with Gasteiger partial charge in [-0.3, -0.25) is 4.79 Å². The van der Waals surface area contributed by atoms with Gasteiger partial charge in [0.25, 0.3) is 0 Å². The number of carbonyl (C=O) groups excluding carboxylic acids is 1. The molecule has 1 aromatic rings. The monoisotopic (exact) mass is 198 g/mol. The maximum Gasteiger partial charge on any atom is 0.323 e. The van der Waals surface area contributed by atoms with Crippen LogP contribution < -0.4 is 5.73 Å². The van der Waals surface area contributed by atoms with Crippen LogP contribution in [0, 0.1) is 6.92 Å². The molecule has 2 N–H and O–H groups in total. The molecule has 1 unspecified atom stereocenters. The number of hydrogen-bond acceptors (Lipinski definition) is 5. The molecule has 0 amide bonds. The summed E-state index contributed by atoms with van der Waals surface area (Å²) in [6, 6.07) is 1.08. The fraction of sp³-hybridized carbons (Fsp3) is 0.556. The van der Waals surface area contributed by atoms with Crippen LogP contribution in [-0.4, -0.2) is 23.8 Å². The molecule has 0 bridgehead atoms. The third-order valence-corrected chi connectivity index (χ3v) is 1.70. The van der Waals surface area contributed by atoms with E-state index < -0.39 is 12.0 Å². The Bertz CT molecular complexity index is 309. The first-order valence-electron chi connectivity index (χ1n) is 4.48. The van der Waals surface area contributed by atoms with Crippen molar-refractivity contribution in [1.29, 1.82) is 0 Å². The molecule has 0 aliphatic heterocycles. The van der Waals surface area contributed by atoms with E-state index in [4.69, 9.17) is 15.0 Å². The summed E-state index contributed by atoms with van der Waals surface area (Å²) in [4.78, 5) is 11.1. The molecule has 14 heavy (non-hydrogen) atoms. The molecule has 5 nitrogen and oxygen atoms in total. The molecule has 1 atom stereocenters. The van der Waals surface area contributed by atoms with Crippen LogP contribution in [0.15, 0.2) is 10.6 Å². The van der Waals surface area contributed by atoms with Gasteiger partial charge in [0.2, 0.25) is 0 Å². The average molecular weight is 198 g/mol. The van der Waals surface area contributed by atoms with Gasteiger partial charge in [-0.05, 0) is 13.8 Å². The molecule has 5 heteroatoms. The highest BCUT2D eigenvalue weighted by molar-refractivity contribution is 5.75. The lowest BCUT2D eigenvalue weighted by atomic mass is 10.1. The molecule has 1 rings (SSSR count). The zero-order valence-electron chi connectivity index (χ0n) is 8.32. The number of nitrogens with zero attached hydrogens (tertiary/aromatic N) is 1. The number of rotatable bonds is 4. The Morgan fingerprint density at radius 1 is 1.79 bits per heavy atom. The standard InChI is InChI=1S/C9H14N2O3/c1-3-13-9(12)8(10)5-7-4-6(2)14-11-7/h4,8H,3,5,10H2,1-2H3. The van der Waals surface area contributed by atoms with E-state index in [1.54, 1.807) is 19.9 Å². The van der Waals surface area contributed by atoms with Gasteiger partial charge in [-0.1, -0.05) is 5.16 Å². The lowest BCUT2D eigenvalue weighted by molar-refractivity contribution is -0.144. The minimum absolute atomic E-state index is 0.338. The summed E-state index contributed by atoms with van der Waals surface area (Å²) in [5, 5.41) is 3.74. The summed E-state index contributed by atoms with van der Waals surface area (Å²) in [6.45, 7) is 3.86. The van der Waals surface area contributed by atoms with Gasteiger partial charge >= 0.3 is 5.97 Å².